The van der Waals surface area contributed by atoms with E-state index in [4.69, 9.17) is 15.6 Å². The number of aliphatic hydroxyl groups is 1. The van der Waals surface area contributed by atoms with Crippen LogP contribution in [0.5, 0.6) is 0 Å². The van der Waals surface area contributed by atoms with Gasteiger partial charge in [-0.3, -0.25) is 4.90 Å². The molecule has 4 nitrogen and oxygen atoms in total. The van der Waals surface area contributed by atoms with E-state index in [9.17, 15) is 5.11 Å². The molecule has 0 aromatic carbocycles. The summed E-state index contributed by atoms with van der Waals surface area (Å²) in [5, 5.41) is 9.61. The predicted octanol–water partition coefficient (Wildman–Crippen LogP) is 0.722. The molecule has 1 unspecified atom stereocenters. The van der Waals surface area contributed by atoms with Crippen molar-refractivity contribution >= 4 is 0 Å². The van der Waals surface area contributed by atoms with Gasteiger partial charge >= 0.3 is 0 Å². The first kappa shape index (κ1) is 12.8. The van der Waals surface area contributed by atoms with Gasteiger partial charge in [-0.15, -0.1) is 6.42 Å². The van der Waals surface area contributed by atoms with Crippen molar-refractivity contribution in [2.45, 2.75) is 12.6 Å². The molecule has 1 rings (SSSR count). The summed E-state index contributed by atoms with van der Waals surface area (Å²) in [7, 11) is 1.91. The number of rotatable bonds is 7. The highest BCUT2D eigenvalue weighted by Gasteiger charge is 2.09. The average Bonchev–Trinajstić information content (AvgIpc) is 2.70. The van der Waals surface area contributed by atoms with Gasteiger partial charge in [0.05, 0.1) is 25.5 Å². The van der Waals surface area contributed by atoms with E-state index in [2.05, 4.69) is 5.92 Å². The monoisotopic (exact) mass is 223 g/mol. The molecule has 0 amide bonds. The second-order valence-corrected chi connectivity index (χ2v) is 3.65. The minimum absolute atomic E-state index is 0.235. The summed E-state index contributed by atoms with van der Waals surface area (Å²) in [5.41, 5.74) is 0. The van der Waals surface area contributed by atoms with E-state index in [1.807, 2.05) is 24.1 Å². The highest BCUT2D eigenvalue weighted by atomic mass is 16.5. The fourth-order valence-electron chi connectivity index (χ4n) is 1.40. The van der Waals surface area contributed by atoms with Gasteiger partial charge in [-0.25, -0.2) is 0 Å². The van der Waals surface area contributed by atoms with E-state index in [0.717, 1.165) is 5.76 Å². The van der Waals surface area contributed by atoms with Gasteiger partial charge in [0.2, 0.25) is 0 Å². The lowest BCUT2D eigenvalue weighted by Crippen LogP contribution is -2.31. The molecule has 0 saturated heterocycles. The molecule has 1 aromatic rings. The molecule has 0 spiro atoms. The van der Waals surface area contributed by atoms with Crippen molar-refractivity contribution in [3.8, 4) is 12.3 Å². The van der Waals surface area contributed by atoms with Crippen molar-refractivity contribution in [2.24, 2.45) is 0 Å². The van der Waals surface area contributed by atoms with Crippen molar-refractivity contribution in [3.63, 3.8) is 0 Å². The predicted molar refractivity (Wildman–Crippen MR) is 60.7 cm³/mol. The summed E-state index contributed by atoms with van der Waals surface area (Å²) in [4.78, 5) is 1.96. The van der Waals surface area contributed by atoms with Crippen LogP contribution >= 0.6 is 0 Å². The molecule has 0 aliphatic rings. The Bertz CT molecular complexity index is 316. The van der Waals surface area contributed by atoms with Gasteiger partial charge < -0.3 is 14.3 Å². The lowest BCUT2D eigenvalue weighted by Gasteiger charge is -2.19. The van der Waals surface area contributed by atoms with Crippen LogP contribution in [0.4, 0.5) is 0 Å². The van der Waals surface area contributed by atoms with E-state index in [1.54, 1.807) is 6.26 Å². The minimum Gasteiger partial charge on any atom is -0.468 e. The highest BCUT2D eigenvalue weighted by molar-refractivity contribution is 4.97. The molecule has 4 heteroatoms. The van der Waals surface area contributed by atoms with Crippen LogP contribution in [0.2, 0.25) is 0 Å². The topological polar surface area (TPSA) is 45.8 Å². The van der Waals surface area contributed by atoms with Crippen molar-refractivity contribution in [2.75, 3.05) is 26.8 Å². The number of hydrogen-bond donors (Lipinski definition) is 1. The largest absolute Gasteiger partial charge is 0.468 e. The highest BCUT2D eigenvalue weighted by Crippen LogP contribution is 2.04. The van der Waals surface area contributed by atoms with E-state index >= 15 is 0 Å². The number of likely N-dealkylation sites (N-methyl/N-ethyl adjacent to an activating group) is 1. The van der Waals surface area contributed by atoms with E-state index in [-0.39, 0.29) is 13.2 Å². The zero-order valence-corrected chi connectivity index (χ0v) is 9.43. The molecule has 0 aliphatic heterocycles. The van der Waals surface area contributed by atoms with Crippen LogP contribution in [0.15, 0.2) is 22.8 Å². The number of furan rings is 1. The Hall–Kier alpha value is -1.28. The molecular formula is C12H17NO3. The quantitative estimate of drug-likeness (QED) is 0.546. The van der Waals surface area contributed by atoms with Crippen LogP contribution < -0.4 is 0 Å². The second kappa shape index (κ2) is 7.07. The Morgan fingerprint density at radius 2 is 2.50 bits per heavy atom. The third kappa shape index (κ3) is 4.99. The first-order valence-corrected chi connectivity index (χ1v) is 5.12. The smallest absolute Gasteiger partial charge is 0.117 e. The van der Waals surface area contributed by atoms with Crippen molar-refractivity contribution < 1.29 is 14.3 Å². The van der Waals surface area contributed by atoms with Crippen LogP contribution in [-0.4, -0.2) is 42.9 Å². The Morgan fingerprint density at radius 3 is 3.12 bits per heavy atom. The van der Waals surface area contributed by atoms with Crippen LogP contribution in [0, 0.1) is 12.3 Å². The molecule has 0 aliphatic carbocycles. The Kier molecular flexibility index (Phi) is 5.65. The molecule has 16 heavy (non-hydrogen) atoms. The molecule has 0 fully saturated rings. The Balaban J connectivity index is 2.18. The lowest BCUT2D eigenvalue weighted by molar-refractivity contribution is 0.0304. The fraction of sp³-hybridized carbons (Fsp3) is 0.500. The second-order valence-electron chi connectivity index (χ2n) is 3.65. The lowest BCUT2D eigenvalue weighted by atomic mass is 10.3. The number of hydrogen-bond acceptors (Lipinski definition) is 4. The summed E-state index contributed by atoms with van der Waals surface area (Å²) in [6.45, 7) is 1.68. The summed E-state index contributed by atoms with van der Waals surface area (Å²) in [5.74, 6) is 3.23. The van der Waals surface area contributed by atoms with Crippen molar-refractivity contribution in [3.05, 3.63) is 24.2 Å². The Morgan fingerprint density at radius 1 is 1.69 bits per heavy atom. The number of aliphatic hydroxyl groups excluding tert-OH is 1. The fourth-order valence-corrected chi connectivity index (χ4v) is 1.40. The van der Waals surface area contributed by atoms with Crippen LogP contribution in [0.25, 0.3) is 0 Å². The molecule has 1 heterocycles. The summed E-state index contributed by atoms with van der Waals surface area (Å²) in [6, 6.07) is 3.74. The zero-order valence-electron chi connectivity index (χ0n) is 9.43. The third-order valence-electron chi connectivity index (χ3n) is 2.02. The van der Waals surface area contributed by atoms with Gasteiger partial charge in [0.25, 0.3) is 0 Å². The number of ether oxygens (including phenoxy) is 1. The maximum atomic E-state index is 9.61. The van der Waals surface area contributed by atoms with Gasteiger partial charge in [0.15, 0.2) is 0 Å². The summed E-state index contributed by atoms with van der Waals surface area (Å²) < 4.78 is 10.2. The van der Waals surface area contributed by atoms with E-state index < -0.39 is 6.10 Å². The van der Waals surface area contributed by atoms with Gasteiger partial charge in [-0.1, -0.05) is 5.92 Å². The Labute approximate surface area is 95.8 Å². The van der Waals surface area contributed by atoms with Gasteiger partial charge in [0.1, 0.15) is 12.4 Å². The third-order valence-corrected chi connectivity index (χ3v) is 2.02. The molecule has 1 atom stereocenters. The molecule has 0 saturated carbocycles. The van der Waals surface area contributed by atoms with Gasteiger partial charge in [-0.05, 0) is 19.2 Å². The normalized spacial score (nSPS) is 12.6. The maximum Gasteiger partial charge on any atom is 0.117 e. The maximum absolute atomic E-state index is 9.61. The number of terminal acetylenes is 1. The van der Waals surface area contributed by atoms with E-state index in [0.29, 0.717) is 13.1 Å². The first-order valence-electron chi connectivity index (χ1n) is 5.12. The molecule has 88 valence electrons. The molecule has 0 radical (unpaired) electrons. The minimum atomic E-state index is -0.534. The molecular weight excluding hydrogens is 206 g/mol. The zero-order chi connectivity index (χ0) is 11.8. The van der Waals surface area contributed by atoms with Crippen LogP contribution in [0.1, 0.15) is 5.76 Å². The molecule has 1 N–H and O–H groups in total. The average molecular weight is 223 g/mol. The number of nitrogens with zero attached hydrogens (tertiary/aromatic N) is 1. The van der Waals surface area contributed by atoms with Gasteiger partial charge in [0, 0.05) is 6.54 Å². The van der Waals surface area contributed by atoms with Gasteiger partial charge in [-0.2, -0.15) is 0 Å². The molecule has 1 aromatic heterocycles. The van der Waals surface area contributed by atoms with Crippen molar-refractivity contribution in [1.29, 1.82) is 0 Å². The van der Waals surface area contributed by atoms with Crippen LogP contribution in [0.3, 0.4) is 0 Å². The standard InChI is InChI=1S/C12H17NO3/c1-3-6-15-10-11(14)8-13(2)9-12-5-4-7-16-12/h1,4-5,7,11,14H,6,8-10H2,2H3. The summed E-state index contributed by atoms with van der Waals surface area (Å²) >= 11 is 0. The summed E-state index contributed by atoms with van der Waals surface area (Å²) in [6.07, 6.45) is 6.13. The van der Waals surface area contributed by atoms with E-state index in [1.165, 1.54) is 0 Å². The SMILES string of the molecule is C#CCOCC(O)CN(C)Cc1ccco1. The molecule has 0 bridgehead atoms. The first-order chi connectivity index (χ1) is 7.72. The van der Waals surface area contributed by atoms with Crippen LogP contribution in [-0.2, 0) is 11.3 Å². The van der Waals surface area contributed by atoms with Crippen molar-refractivity contribution in [1.82, 2.24) is 4.90 Å².